The smallest absolute Gasteiger partial charge is 0.280 e. The molecule has 0 saturated carbocycles. The lowest BCUT2D eigenvalue weighted by Crippen LogP contribution is -2.31. The molecule has 2 atom stereocenters. The quantitative estimate of drug-likeness (QED) is 0.732. The third-order valence-corrected chi connectivity index (χ3v) is 4.60. The second-order valence-electron chi connectivity index (χ2n) is 4.05. The normalized spacial score (nSPS) is 28.4. The summed E-state index contributed by atoms with van der Waals surface area (Å²) in [7, 11) is -2.06. The molecule has 1 fully saturated rings. The summed E-state index contributed by atoms with van der Waals surface area (Å²) in [6.45, 7) is 0.0240. The maximum Gasteiger partial charge on any atom is 0.280 e. The van der Waals surface area contributed by atoms with E-state index in [1.165, 1.54) is 0 Å². The molecular weight excluding hydrogens is 258 g/mol. The Morgan fingerprint density at radius 3 is 2.72 bits per heavy atom. The number of fused-ring (bicyclic) bond motifs is 1. The largest absolute Gasteiger partial charge is 0.497 e. The van der Waals surface area contributed by atoms with Crippen molar-refractivity contribution in [2.75, 3.05) is 13.7 Å². The summed E-state index contributed by atoms with van der Waals surface area (Å²) in [5.74, 6) is 0.695. The molecule has 7 heteroatoms. The summed E-state index contributed by atoms with van der Waals surface area (Å²) in [4.78, 5) is 5.09. The molecule has 96 valence electrons. The van der Waals surface area contributed by atoms with Crippen LogP contribution in [-0.4, -0.2) is 39.2 Å². The fraction of sp³-hybridized carbons (Fsp3) is 0.364. The van der Waals surface area contributed by atoms with E-state index in [9.17, 15) is 8.42 Å². The van der Waals surface area contributed by atoms with Crippen LogP contribution in [0.2, 0.25) is 0 Å². The first-order chi connectivity index (χ1) is 8.62. The van der Waals surface area contributed by atoms with Crippen LogP contribution in [0.25, 0.3) is 0 Å². The van der Waals surface area contributed by atoms with Gasteiger partial charge in [0.2, 0.25) is 0 Å². The van der Waals surface area contributed by atoms with Crippen LogP contribution in [0, 0.1) is 0 Å². The molecule has 2 heterocycles. The Labute approximate surface area is 104 Å². The van der Waals surface area contributed by atoms with E-state index < -0.39 is 21.5 Å². The minimum absolute atomic E-state index is 0.0240. The molecular formula is C11H11NO5S. The second kappa shape index (κ2) is 3.96. The number of benzene rings is 1. The Bertz CT molecular complexity index is 592. The zero-order valence-corrected chi connectivity index (χ0v) is 10.4. The lowest BCUT2D eigenvalue weighted by molar-refractivity contribution is 0.0683. The van der Waals surface area contributed by atoms with Gasteiger partial charge in [-0.2, -0.15) is 8.42 Å². The molecule has 1 aromatic rings. The predicted octanol–water partition coefficient (Wildman–Crippen LogP) is 0.527. The van der Waals surface area contributed by atoms with Crippen molar-refractivity contribution < 1.29 is 22.2 Å². The van der Waals surface area contributed by atoms with Crippen molar-refractivity contribution in [3.8, 4) is 5.75 Å². The van der Waals surface area contributed by atoms with Gasteiger partial charge in [0, 0.05) is 5.56 Å². The highest BCUT2D eigenvalue weighted by molar-refractivity contribution is 7.88. The lowest BCUT2D eigenvalue weighted by atomic mass is 10.0. The van der Waals surface area contributed by atoms with E-state index >= 15 is 0 Å². The molecule has 3 rings (SSSR count). The minimum Gasteiger partial charge on any atom is -0.497 e. The molecule has 2 aliphatic rings. The van der Waals surface area contributed by atoms with Crippen molar-refractivity contribution in [2.24, 2.45) is 5.16 Å². The first-order valence-corrected chi connectivity index (χ1v) is 6.85. The van der Waals surface area contributed by atoms with Gasteiger partial charge in [0.1, 0.15) is 18.1 Å². The van der Waals surface area contributed by atoms with Crippen molar-refractivity contribution in [3.63, 3.8) is 0 Å². The molecule has 0 spiro atoms. The van der Waals surface area contributed by atoms with Crippen molar-refractivity contribution >= 4 is 15.8 Å². The molecule has 2 aliphatic heterocycles. The monoisotopic (exact) mass is 269 g/mol. The molecule has 0 amide bonds. The van der Waals surface area contributed by atoms with Crippen molar-refractivity contribution in [1.82, 2.24) is 0 Å². The number of rotatable bonds is 2. The number of hydrogen-bond donors (Lipinski definition) is 0. The van der Waals surface area contributed by atoms with E-state index in [4.69, 9.17) is 13.8 Å². The fourth-order valence-electron chi connectivity index (χ4n) is 2.06. The Hall–Kier alpha value is -1.60. The van der Waals surface area contributed by atoms with Gasteiger partial charge in [0.05, 0.1) is 7.11 Å². The molecule has 0 N–H and O–H groups in total. The number of oxime groups is 1. The van der Waals surface area contributed by atoms with Gasteiger partial charge in [-0.15, -0.1) is 0 Å². The topological polar surface area (TPSA) is 74.2 Å². The molecule has 0 radical (unpaired) electrons. The van der Waals surface area contributed by atoms with Crippen LogP contribution in [0.15, 0.2) is 29.4 Å². The lowest BCUT2D eigenvalue weighted by Gasteiger charge is -2.07. The van der Waals surface area contributed by atoms with E-state index in [0.717, 1.165) is 0 Å². The average Bonchev–Trinajstić information content (AvgIpc) is 2.92. The van der Waals surface area contributed by atoms with E-state index in [0.29, 0.717) is 17.0 Å². The van der Waals surface area contributed by atoms with Crippen LogP contribution in [0.5, 0.6) is 5.75 Å². The Kier molecular flexibility index (Phi) is 2.53. The summed E-state index contributed by atoms with van der Waals surface area (Å²) in [6, 6.07) is 6.98. The van der Waals surface area contributed by atoms with Gasteiger partial charge in [-0.3, -0.25) is 4.18 Å². The number of nitrogens with zero attached hydrogens (tertiary/aromatic N) is 1. The summed E-state index contributed by atoms with van der Waals surface area (Å²) < 4.78 is 33.3. The second-order valence-corrected chi connectivity index (χ2v) is 5.78. The van der Waals surface area contributed by atoms with Crippen molar-refractivity contribution in [3.05, 3.63) is 29.8 Å². The fourth-order valence-corrected chi connectivity index (χ4v) is 3.49. The molecule has 6 nitrogen and oxygen atoms in total. The van der Waals surface area contributed by atoms with Gasteiger partial charge in [0.25, 0.3) is 10.1 Å². The highest BCUT2D eigenvalue weighted by Crippen LogP contribution is 2.30. The summed E-state index contributed by atoms with van der Waals surface area (Å²) in [5, 5.41) is 3.03. The van der Waals surface area contributed by atoms with E-state index in [1.807, 2.05) is 0 Å². The van der Waals surface area contributed by atoms with Gasteiger partial charge >= 0.3 is 0 Å². The number of hydrogen-bond acceptors (Lipinski definition) is 6. The average molecular weight is 269 g/mol. The Balaban J connectivity index is 1.97. The van der Waals surface area contributed by atoms with E-state index in [2.05, 4.69) is 5.16 Å². The van der Waals surface area contributed by atoms with Crippen LogP contribution in [0.4, 0.5) is 0 Å². The Morgan fingerprint density at radius 1 is 1.33 bits per heavy atom. The predicted molar refractivity (Wildman–Crippen MR) is 63.1 cm³/mol. The third kappa shape index (κ3) is 1.67. The van der Waals surface area contributed by atoms with Crippen LogP contribution in [0.1, 0.15) is 5.56 Å². The SMILES string of the molecule is COc1ccc(C2=NOC3COS(=O)(=O)C23)cc1. The highest BCUT2D eigenvalue weighted by atomic mass is 32.2. The molecule has 1 saturated heterocycles. The zero-order valence-electron chi connectivity index (χ0n) is 9.57. The van der Waals surface area contributed by atoms with Crippen LogP contribution in [-0.2, 0) is 19.1 Å². The van der Waals surface area contributed by atoms with Gasteiger partial charge in [-0.25, -0.2) is 0 Å². The summed E-state index contributed by atoms with van der Waals surface area (Å²) in [6.07, 6.45) is -0.535. The van der Waals surface area contributed by atoms with Crippen LogP contribution >= 0.6 is 0 Å². The molecule has 18 heavy (non-hydrogen) atoms. The number of methoxy groups -OCH3 is 1. The summed E-state index contributed by atoms with van der Waals surface area (Å²) >= 11 is 0. The maximum atomic E-state index is 11.7. The molecule has 2 unspecified atom stereocenters. The van der Waals surface area contributed by atoms with Gasteiger partial charge < -0.3 is 9.57 Å². The van der Waals surface area contributed by atoms with Gasteiger partial charge in [-0.1, -0.05) is 5.16 Å². The number of ether oxygens (including phenoxy) is 1. The minimum atomic E-state index is -3.62. The molecule has 0 bridgehead atoms. The zero-order chi connectivity index (χ0) is 12.8. The van der Waals surface area contributed by atoms with Crippen molar-refractivity contribution in [1.29, 1.82) is 0 Å². The molecule has 0 aromatic heterocycles. The standard InChI is InChI=1S/C11H11NO5S/c1-15-8-4-2-7(3-5-8)10-11-9(17-12-10)6-16-18(11,13)14/h2-5,9,11H,6H2,1H3. The van der Waals surface area contributed by atoms with Crippen LogP contribution < -0.4 is 4.74 Å². The third-order valence-electron chi connectivity index (χ3n) is 2.99. The molecule has 0 aliphatic carbocycles. The first kappa shape index (κ1) is 11.5. The summed E-state index contributed by atoms with van der Waals surface area (Å²) in [5.41, 5.74) is 1.08. The molecule has 1 aromatic carbocycles. The highest BCUT2D eigenvalue weighted by Gasteiger charge is 2.51. The van der Waals surface area contributed by atoms with Gasteiger partial charge in [0.15, 0.2) is 11.4 Å². The van der Waals surface area contributed by atoms with E-state index in [-0.39, 0.29) is 6.61 Å². The van der Waals surface area contributed by atoms with Gasteiger partial charge in [-0.05, 0) is 24.3 Å². The Morgan fingerprint density at radius 2 is 2.06 bits per heavy atom. The first-order valence-electron chi connectivity index (χ1n) is 5.38. The van der Waals surface area contributed by atoms with Crippen molar-refractivity contribution in [2.45, 2.75) is 11.4 Å². The van der Waals surface area contributed by atoms with E-state index in [1.54, 1.807) is 31.4 Å². The maximum absolute atomic E-state index is 11.7. The van der Waals surface area contributed by atoms with Crippen LogP contribution in [0.3, 0.4) is 0 Å².